The van der Waals surface area contributed by atoms with Crippen molar-refractivity contribution in [3.05, 3.63) is 0 Å². The molecule has 0 atom stereocenters. The molecular weight excluding hydrogens is 243 g/mol. The van der Waals surface area contributed by atoms with E-state index in [1.165, 1.54) is 0 Å². The first-order valence-electron chi connectivity index (χ1n) is 6.60. The zero-order chi connectivity index (χ0) is 13.8. The molecule has 2 nitrogen and oxygen atoms in total. The molecule has 1 fully saturated rings. The number of hydrogen-bond donors (Lipinski definition) is 1. The van der Waals surface area contributed by atoms with Crippen molar-refractivity contribution in [2.24, 2.45) is 17.3 Å². The Kier molecular flexibility index (Phi) is 5.46. The molecule has 0 saturated heterocycles. The van der Waals surface area contributed by atoms with Gasteiger partial charge in [-0.25, -0.2) is 5.48 Å². The van der Waals surface area contributed by atoms with Crippen LogP contribution in [0.1, 0.15) is 46.5 Å². The minimum absolute atomic E-state index is 0.338. The maximum Gasteiger partial charge on any atom is 0.413 e. The van der Waals surface area contributed by atoms with E-state index in [-0.39, 0.29) is 0 Å². The lowest BCUT2D eigenvalue weighted by molar-refractivity contribution is -0.190. The minimum Gasteiger partial charge on any atom is -0.292 e. The molecule has 0 heterocycles. The van der Waals surface area contributed by atoms with Crippen molar-refractivity contribution in [2.75, 3.05) is 13.2 Å². The van der Waals surface area contributed by atoms with E-state index in [9.17, 15) is 13.2 Å². The van der Waals surface area contributed by atoms with Crippen LogP contribution in [-0.4, -0.2) is 19.3 Å². The highest BCUT2D eigenvalue weighted by Gasteiger charge is 2.30. The molecule has 1 N–H and O–H groups in total. The van der Waals surface area contributed by atoms with E-state index in [4.69, 9.17) is 0 Å². The average Bonchev–Trinajstić information content (AvgIpc) is 2.22. The van der Waals surface area contributed by atoms with Crippen molar-refractivity contribution in [2.45, 2.75) is 52.6 Å². The number of hydroxylamine groups is 1. The smallest absolute Gasteiger partial charge is 0.292 e. The van der Waals surface area contributed by atoms with Crippen LogP contribution in [0.2, 0.25) is 0 Å². The fourth-order valence-electron chi connectivity index (χ4n) is 2.54. The molecule has 5 heteroatoms. The van der Waals surface area contributed by atoms with Gasteiger partial charge in [0, 0.05) is 6.54 Å². The van der Waals surface area contributed by atoms with Gasteiger partial charge in [0.25, 0.3) is 0 Å². The Bertz CT molecular complexity index is 240. The lowest BCUT2D eigenvalue weighted by atomic mass is 9.70. The first-order chi connectivity index (χ1) is 8.18. The molecule has 0 aromatic heterocycles. The van der Waals surface area contributed by atoms with Crippen molar-refractivity contribution in [3.63, 3.8) is 0 Å². The number of halogens is 3. The fraction of sp³-hybridized carbons (Fsp3) is 1.00. The second-order valence-electron chi connectivity index (χ2n) is 6.34. The zero-order valence-electron chi connectivity index (χ0n) is 11.4. The van der Waals surface area contributed by atoms with Crippen LogP contribution in [0.15, 0.2) is 0 Å². The number of hydrogen-bond acceptors (Lipinski definition) is 2. The van der Waals surface area contributed by atoms with Crippen LogP contribution in [-0.2, 0) is 4.84 Å². The monoisotopic (exact) mass is 267 g/mol. The first-order valence-corrected chi connectivity index (χ1v) is 6.60. The van der Waals surface area contributed by atoms with Gasteiger partial charge in [0.15, 0.2) is 6.61 Å². The number of nitrogens with one attached hydrogen (secondary N) is 1. The fourth-order valence-corrected chi connectivity index (χ4v) is 2.54. The van der Waals surface area contributed by atoms with E-state index in [1.807, 2.05) is 0 Å². The van der Waals surface area contributed by atoms with E-state index in [0.717, 1.165) is 31.6 Å². The van der Waals surface area contributed by atoms with Crippen molar-refractivity contribution < 1.29 is 18.0 Å². The maximum absolute atomic E-state index is 11.8. The minimum atomic E-state index is -4.25. The van der Waals surface area contributed by atoms with E-state index in [0.29, 0.717) is 17.9 Å². The Morgan fingerprint density at radius 1 is 1.06 bits per heavy atom. The summed E-state index contributed by atoms with van der Waals surface area (Å²) >= 11 is 0. The van der Waals surface area contributed by atoms with Crippen LogP contribution in [0.5, 0.6) is 0 Å². The van der Waals surface area contributed by atoms with Gasteiger partial charge < -0.3 is 0 Å². The van der Waals surface area contributed by atoms with Crippen LogP contribution in [0.3, 0.4) is 0 Å². The van der Waals surface area contributed by atoms with Crippen LogP contribution in [0.25, 0.3) is 0 Å². The van der Waals surface area contributed by atoms with Gasteiger partial charge in [0.1, 0.15) is 0 Å². The molecule has 0 spiro atoms. The van der Waals surface area contributed by atoms with Crippen molar-refractivity contribution >= 4 is 0 Å². The van der Waals surface area contributed by atoms with Gasteiger partial charge in [-0.05, 0) is 42.9 Å². The molecule has 18 heavy (non-hydrogen) atoms. The summed E-state index contributed by atoms with van der Waals surface area (Å²) in [6.07, 6.45) is 0.218. The lowest BCUT2D eigenvalue weighted by Crippen LogP contribution is -2.32. The first kappa shape index (κ1) is 15.8. The van der Waals surface area contributed by atoms with Gasteiger partial charge >= 0.3 is 6.18 Å². The quantitative estimate of drug-likeness (QED) is 0.615. The van der Waals surface area contributed by atoms with E-state index in [1.54, 1.807) is 0 Å². The van der Waals surface area contributed by atoms with Gasteiger partial charge in [-0.1, -0.05) is 20.8 Å². The molecule has 0 unspecified atom stereocenters. The molecule has 1 rings (SSSR count). The Morgan fingerprint density at radius 3 is 2.06 bits per heavy atom. The number of rotatable bonds is 4. The van der Waals surface area contributed by atoms with Gasteiger partial charge in [-0.2, -0.15) is 13.2 Å². The second kappa shape index (κ2) is 6.24. The standard InChI is InChI=1S/C13H24F3NO/c1-12(2,3)11-6-4-10(5-7-11)8-17-18-9-13(14,15)16/h10-11,17H,4-9H2,1-3H3. The molecule has 0 aliphatic heterocycles. The molecule has 0 aromatic carbocycles. The summed E-state index contributed by atoms with van der Waals surface area (Å²) in [6, 6.07) is 0. The SMILES string of the molecule is CC(C)(C)C1CCC(CNOCC(F)(F)F)CC1. The molecule has 108 valence electrons. The average molecular weight is 267 g/mol. The lowest BCUT2D eigenvalue weighted by Gasteiger charge is -2.37. The summed E-state index contributed by atoms with van der Waals surface area (Å²) in [4.78, 5) is 4.42. The summed E-state index contributed by atoms with van der Waals surface area (Å²) < 4.78 is 35.5. The topological polar surface area (TPSA) is 21.3 Å². The highest BCUT2D eigenvalue weighted by atomic mass is 19.4. The van der Waals surface area contributed by atoms with Gasteiger partial charge in [0.05, 0.1) is 0 Å². The second-order valence-corrected chi connectivity index (χ2v) is 6.34. The molecule has 0 radical (unpaired) electrons. The Hall–Kier alpha value is -0.290. The molecule has 0 amide bonds. The third-order valence-electron chi connectivity index (χ3n) is 3.78. The van der Waals surface area contributed by atoms with Crippen LogP contribution < -0.4 is 5.48 Å². The van der Waals surface area contributed by atoms with E-state index in [2.05, 4.69) is 31.1 Å². The predicted molar refractivity (Wildman–Crippen MR) is 64.9 cm³/mol. The summed E-state index contributed by atoms with van der Waals surface area (Å²) in [6.45, 7) is 6.06. The van der Waals surface area contributed by atoms with Crippen LogP contribution >= 0.6 is 0 Å². The molecule has 1 aliphatic rings. The summed E-state index contributed by atoms with van der Waals surface area (Å²) in [7, 11) is 0. The van der Waals surface area contributed by atoms with E-state index >= 15 is 0 Å². The van der Waals surface area contributed by atoms with Crippen molar-refractivity contribution in [1.29, 1.82) is 0 Å². The highest BCUT2D eigenvalue weighted by molar-refractivity contribution is 4.80. The van der Waals surface area contributed by atoms with Gasteiger partial charge in [-0.15, -0.1) is 0 Å². The third-order valence-corrected chi connectivity index (χ3v) is 3.78. The number of alkyl halides is 3. The molecule has 1 aliphatic carbocycles. The molecule has 0 bridgehead atoms. The zero-order valence-corrected chi connectivity index (χ0v) is 11.4. The summed E-state index contributed by atoms with van der Waals surface area (Å²) in [5.41, 5.74) is 2.78. The Balaban J connectivity index is 2.13. The van der Waals surface area contributed by atoms with Crippen molar-refractivity contribution in [1.82, 2.24) is 5.48 Å². The molecule has 0 aromatic rings. The molecule has 1 saturated carbocycles. The predicted octanol–water partition coefficient (Wildman–Crippen LogP) is 3.92. The van der Waals surface area contributed by atoms with Gasteiger partial charge in [0.2, 0.25) is 0 Å². The van der Waals surface area contributed by atoms with E-state index < -0.39 is 12.8 Å². The van der Waals surface area contributed by atoms with Crippen molar-refractivity contribution in [3.8, 4) is 0 Å². The molecular formula is C13H24F3NO. The Labute approximate surface area is 107 Å². The summed E-state index contributed by atoms with van der Waals surface area (Å²) in [5, 5.41) is 0. The maximum atomic E-state index is 11.8. The normalized spacial score (nSPS) is 26.3. The third kappa shape index (κ3) is 6.05. The largest absolute Gasteiger partial charge is 0.413 e. The highest BCUT2D eigenvalue weighted by Crippen LogP contribution is 2.39. The van der Waals surface area contributed by atoms with Crippen LogP contribution in [0.4, 0.5) is 13.2 Å². The Morgan fingerprint density at radius 2 is 1.61 bits per heavy atom. The van der Waals surface area contributed by atoms with Gasteiger partial charge in [-0.3, -0.25) is 4.84 Å². The van der Waals surface area contributed by atoms with Crippen LogP contribution in [0, 0.1) is 17.3 Å². The summed E-state index contributed by atoms with van der Waals surface area (Å²) in [5.74, 6) is 1.17.